The third-order valence-electron chi connectivity index (χ3n) is 2.17. The van der Waals surface area contributed by atoms with Gasteiger partial charge in [-0.25, -0.2) is 9.18 Å². The Morgan fingerprint density at radius 2 is 2.26 bits per heavy atom. The minimum absolute atomic E-state index is 0.0737. The molecule has 0 spiro atoms. The Kier molecular flexibility index (Phi) is 5.53. The Morgan fingerprint density at radius 1 is 1.53 bits per heavy atom. The van der Waals surface area contributed by atoms with Crippen molar-refractivity contribution >= 4 is 17.8 Å². The molecule has 0 aliphatic carbocycles. The van der Waals surface area contributed by atoms with E-state index in [1.807, 2.05) is 0 Å². The quantitative estimate of drug-likeness (QED) is 0.488. The second kappa shape index (κ2) is 7.15. The van der Waals surface area contributed by atoms with Gasteiger partial charge < -0.3 is 14.7 Å². The van der Waals surface area contributed by atoms with Gasteiger partial charge in [0.15, 0.2) is 5.71 Å². The fourth-order valence-corrected chi connectivity index (χ4v) is 1.23. The van der Waals surface area contributed by atoms with Crippen LogP contribution in [-0.2, 0) is 9.63 Å². The molecule has 1 rings (SSSR count). The van der Waals surface area contributed by atoms with Crippen molar-refractivity contribution in [3.05, 3.63) is 35.7 Å². The molecule has 0 amide bonds. The highest BCUT2D eigenvalue weighted by atomic mass is 19.1. The Bertz CT molecular complexity index is 511. The standard InChI is InChI=1S/C13H14FNO4/c1-9(13(16)17)15-19-7-3-4-10-8-11(14)5-6-12(10)18-2/h3-6,8H,7H2,1-2H3,(H,16,17)/b4-3+,15-9-. The van der Waals surface area contributed by atoms with Crippen LogP contribution in [0, 0.1) is 5.82 Å². The monoisotopic (exact) mass is 267 g/mol. The number of hydrogen-bond donors (Lipinski definition) is 1. The summed E-state index contributed by atoms with van der Waals surface area (Å²) >= 11 is 0. The van der Waals surface area contributed by atoms with Crippen LogP contribution < -0.4 is 4.74 Å². The van der Waals surface area contributed by atoms with Gasteiger partial charge in [0.1, 0.15) is 18.2 Å². The van der Waals surface area contributed by atoms with Gasteiger partial charge in [-0.1, -0.05) is 11.2 Å². The molecular formula is C13H14FNO4. The molecule has 0 bridgehead atoms. The molecule has 0 aromatic heterocycles. The van der Waals surface area contributed by atoms with Gasteiger partial charge in [-0.2, -0.15) is 0 Å². The number of aliphatic carboxylic acids is 1. The molecule has 5 nitrogen and oxygen atoms in total. The lowest BCUT2D eigenvalue weighted by Crippen LogP contribution is -2.08. The van der Waals surface area contributed by atoms with Crippen LogP contribution in [0.15, 0.2) is 29.4 Å². The van der Waals surface area contributed by atoms with Crippen LogP contribution in [-0.4, -0.2) is 30.5 Å². The van der Waals surface area contributed by atoms with Crippen molar-refractivity contribution in [1.29, 1.82) is 0 Å². The maximum atomic E-state index is 13.0. The van der Waals surface area contributed by atoms with Crippen molar-refractivity contribution in [3.63, 3.8) is 0 Å². The Hall–Kier alpha value is -2.37. The normalized spacial score (nSPS) is 11.6. The predicted octanol–water partition coefficient (Wildman–Crippen LogP) is 2.32. The van der Waals surface area contributed by atoms with Crippen LogP contribution in [0.25, 0.3) is 6.08 Å². The largest absolute Gasteiger partial charge is 0.496 e. The first-order valence-corrected chi connectivity index (χ1v) is 5.44. The molecule has 19 heavy (non-hydrogen) atoms. The molecule has 1 N–H and O–H groups in total. The van der Waals surface area contributed by atoms with E-state index in [0.29, 0.717) is 11.3 Å². The fourth-order valence-electron chi connectivity index (χ4n) is 1.23. The zero-order valence-electron chi connectivity index (χ0n) is 10.6. The van der Waals surface area contributed by atoms with Crippen LogP contribution >= 0.6 is 0 Å². The van der Waals surface area contributed by atoms with Gasteiger partial charge in [0.25, 0.3) is 0 Å². The SMILES string of the molecule is COc1ccc(F)cc1/C=C/CO/N=C(/C)C(=O)O. The summed E-state index contributed by atoms with van der Waals surface area (Å²) in [5.41, 5.74) is 0.418. The summed E-state index contributed by atoms with van der Waals surface area (Å²) in [5, 5.41) is 11.9. The summed E-state index contributed by atoms with van der Waals surface area (Å²) in [7, 11) is 1.49. The maximum Gasteiger partial charge on any atom is 0.353 e. The van der Waals surface area contributed by atoms with Crippen molar-refractivity contribution in [2.24, 2.45) is 5.16 Å². The van der Waals surface area contributed by atoms with Gasteiger partial charge in [-0.3, -0.25) is 0 Å². The first kappa shape index (κ1) is 14.7. The van der Waals surface area contributed by atoms with E-state index in [1.165, 1.54) is 32.2 Å². The molecule has 0 fully saturated rings. The van der Waals surface area contributed by atoms with Crippen molar-refractivity contribution in [1.82, 2.24) is 0 Å². The Morgan fingerprint density at radius 3 is 2.89 bits per heavy atom. The van der Waals surface area contributed by atoms with E-state index in [2.05, 4.69) is 5.16 Å². The second-order valence-electron chi connectivity index (χ2n) is 3.57. The molecular weight excluding hydrogens is 253 g/mol. The highest BCUT2D eigenvalue weighted by molar-refractivity contribution is 6.34. The topological polar surface area (TPSA) is 68.1 Å². The molecule has 0 radical (unpaired) electrons. The van der Waals surface area contributed by atoms with E-state index in [9.17, 15) is 9.18 Å². The van der Waals surface area contributed by atoms with E-state index in [-0.39, 0.29) is 18.1 Å². The third kappa shape index (κ3) is 4.79. The van der Waals surface area contributed by atoms with E-state index in [1.54, 1.807) is 12.2 Å². The number of oxime groups is 1. The number of ether oxygens (including phenoxy) is 1. The molecule has 1 aromatic carbocycles. The van der Waals surface area contributed by atoms with Gasteiger partial charge in [0.2, 0.25) is 0 Å². The van der Waals surface area contributed by atoms with Crippen molar-refractivity contribution in [3.8, 4) is 5.75 Å². The first-order valence-electron chi connectivity index (χ1n) is 5.44. The number of rotatable bonds is 6. The molecule has 0 aliphatic rings. The lowest BCUT2D eigenvalue weighted by Gasteiger charge is -2.04. The molecule has 0 heterocycles. The second-order valence-corrected chi connectivity index (χ2v) is 3.57. The van der Waals surface area contributed by atoms with E-state index < -0.39 is 5.97 Å². The highest BCUT2D eigenvalue weighted by Gasteiger charge is 2.02. The number of halogens is 1. The average Bonchev–Trinajstić information content (AvgIpc) is 2.38. The Balaban J connectivity index is 2.60. The van der Waals surface area contributed by atoms with Crippen LogP contribution in [0.1, 0.15) is 12.5 Å². The summed E-state index contributed by atoms with van der Waals surface area (Å²) < 4.78 is 18.1. The van der Waals surface area contributed by atoms with Crippen LogP contribution in [0.4, 0.5) is 4.39 Å². The summed E-state index contributed by atoms with van der Waals surface area (Å²) in [6, 6.07) is 4.14. The zero-order valence-corrected chi connectivity index (χ0v) is 10.6. The number of carbonyl (C=O) groups is 1. The average molecular weight is 267 g/mol. The molecule has 0 unspecified atom stereocenters. The Labute approximate surface area is 109 Å². The van der Waals surface area contributed by atoms with Crippen molar-refractivity contribution in [2.45, 2.75) is 6.92 Å². The van der Waals surface area contributed by atoms with Crippen molar-refractivity contribution in [2.75, 3.05) is 13.7 Å². The van der Waals surface area contributed by atoms with Gasteiger partial charge in [-0.05, 0) is 31.2 Å². The molecule has 0 saturated heterocycles. The predicted molar refractivity (Wildman–Crippen MR) is 68.7 cm³/mol. The molecule has 1 aromatic rings. The molecule has 0 atom stereocenters. The zero-order chi connectivity index (χ0) is 14.3. The van der Waals surface area contributed by atoms with E-state index in [0.717, 1.165) is 0 Å². The van der Waals surface area contributed by atoms with Crippen LogP contribution in [0.2, 0.25) is 0 Å². The maximum absolute atomic E-state index is 13.0. The van der Waals surface area contributed by atoms with Crippen LogP contribution in [0.5, 0.6) is 5.75 Å². The number of benzene rings is 1. The van der Waals surface area contributed by atoms with Gasteiger partial charge >= 0.3 is 5.97 Å². The summed E-state index contributed by atoms with van der Waals surface area (Å²) in [6.07, 6.45) is 3.18. The first-order chi connectivity index (χ1) is 9.04. The molecule has 6 heteroatoms. The lowest BCUT2D eigenvalue weighted by atomic mass is 10.2. The summed E-state index contributed by atoms with van der Waals surface area (Å²) in [5.74, 6) is -0.986. The minimum Gasteiger partial charge on any atom is -0.496 e. The molecule has 0 saturated carbocycles. The third-order valence-corrected chi connectivity index (χ3v) is 2.17. The number of carboxylic acids is 1. The van der Waals surface area contributed by atoms with Crippen molar-refractivity contribution < 1.29 is 23.9 Å². The minimum atomic E-state index is -1.14. The summed E-state index contributed by atoms with van der Waals surface area (Å²) in [4.78, 5) is 15.2. The van der Waals surface area contributed by atoms with E-state index in [4.69, 9.17) is 14.7 Å². The number of methoxy groups -OCH3 is 1. The van der Waals surface area contributed by atoms with Gasteiger partial charge in [0.05, 0.1) is 7.11 Å². The number of hydrogen-bond acceptors (Lipinski definition) is 4. The molecule has 102 valence electrons. The smallest absolute Gasteiger partial charge is 0.353 e. The number of nitrogens with zero attached hydrogens (tertiary/aromatic N) is 1. The summed E-state index contributed by atoms with van der Waals surface area (Å²) in [6.45, 7) is 1.39. The lowest BCUT2D eigenvalue weighted by molar-refractivity contribution is -0.129. The van der Waals surface area contributed by atoms with Gasteiger partial charge in [0, 0.05) is 5.56 Å². The van der Waals surface area contributed by atoms with E-state index >= 15 is 0 Å². The highest BCUT2D eigenvalue weighted by Crippen LogP contribution is 2.20. The molecule has 0 aliphatic heterocycles. The van der Waals surface area contributed by atoms with Gasteiger partial charge in [-0.15, -0.1) is 0 Å². The fraction of sp³-hybridized carbons (Fsp3) is 0.231. The number of carboxylic acid groups (broad SMARTS) is 1. The van der Waals surface area contributed by atoms with Crippen LogP contribution in [0.3, 0.4) is 0 Å².